The number of hydrazone groups is 1. The third kappa shape index (κ3) is 2.57. The minimum atomic E-state index is 0.784. The molecule has 2 rings (SSSR count). The van der Waals surface area contributed by atoms with E-state index in [0.717, 1.165) is 31.9 Å². The summed E-state index contributed by atoms with van der Waals surface area (Å²) < 4.78 is 5.24. The molecule has 0 bridgehead atoms. The Labute approximate surface area is 84.0 Å². The smallest absolute Gasteiger partial charge is 0.0659 e. The van der Waals surface area contributed by atoms with Gasteiger partial charge in [-0.3, -0.25) is 5.01 Å². The normalized spacial score (nSPS) is 17.6. The Morgan fingerprint density at radius 1 is 1.14 bits per heavy atom. The third-order valence-electron chi connectivity index (χ3n) is 2.16. The molecule has 1 heterocycles. The van der Waals surface area contributed by atoms with Crippen LogP contribution in [0, 0.1) is 0 Å². The Balaban J connectivity index is 1.93. The van der Waals surface area contributed by atoms with Crippen LogP contribution in [-0.4, -0.2) is 37.5 Å². The van der Waals surface area contributed by atoms with Gasteiger partial charge in [0.05, 0.1) is 32.5 Å². The zero-order valence-electron chi connectivity index (χ0n) is 8.10. The van der Waals surface area contributed by atoms with Gasteiger partial charge in [-0.15, -0.1) is 0 Å². The Kier molecular flexibility index (Phi) is 3.14. The maximum Gasteiger partial charge on any atom is 0.0659 e. The first-order valence-corrected chi connectivity index (χ1v) is 4.87. The van der Waals surface area contributed by atoms with Crippen molar-refractivity contribution in [2.75, 3.05) is 26.3 Å². The first-order chi connectivity index (χ1) is 6.95. The van der Waals surface area contributed by atoms with Crippen molar-refractivity contribution >= 4 is 6.21 Å². The molecule has 0 aliphatic carbocycles. The van der Waals surface area contributed by atoms with Gasteiger partial charge in [-0.2, -0.15) is 5.10 Å². The van der Waals surface area contributed by atoms with Crippen LogP contribution in [0.15, 0.2) is 35.4 Å². The predicted molar refractivity (Wildman–Crippen MR) is 56.4 cm³/mol. The number of rotatable bonds is 2. The fourth-order valence-corrected chi connectivity index (χ4v) is 1.36. The number of hydrogen-bond acceptors (Lipinski definition) is 3. The molecule has 1 aliphatic rings. The van der Waals surface area contributed by atoms with Gasteiger partial charge in [0.2, 0.25) is 0 Å². The Hall–Kier alpha value is -1.35. The van der Waals surface area contributed by atoms with Crippen LogP contribution in [0.2, 0.25) is 0 Å². The number of nitrogens with zero attached hydrogens (tertiary/aromatic N) is 2. The van der Waals surface area contributed by atoms with E-state index in [1.807, 2.05) is 41.6 Å². The summed E-state index contributed by atoms with van der Waals surface area (Å²) in [6.45, 7) is 3.35. The van der Waals surface area contributed by atoms with Crippen molar-refractivity contribution in [3.63, 3.8) is 0 Å². The molecule has 0 radical (unpaired) electrons. The summed E-state index contributed by atoms with van der Waals surface area (Å²) in [5, 5.41) is 6.42. The van der Waals surface area contributed by atoms with Crippen LogP contribution in [0.1, 0.15) is 5.56 Å². The SMILES string of the molecule is C(=N\N1CCOCC1)/c1ccccc1. The maximum absolute atomic E-state index is 5.24. The molecular weight excluding hydrogens is 176 g/mol. The quantitative estimate of drug-likeness (QED) is 0.658. The summed E-state index contributed by atoms with van der Waals surface area (Å²) in [4.78, 5) is 0. The molecule has 0 N–H and O–H groups in total. The topological polar surface area (TPSA) is 24.8 Å². The van der Waals surface area contributed by atoms with Crippen molar-refractivity contribution in [2.24, 2.45) is 5.10 Å². The highest BCUT2D eigenvalue weighted by atomic mass is 16.5. The zero-order chi connectivity index (χ0) is 9.64. The van der Waals surface area contributed by atoms with Crippen molar-refractivity contribution in [1.82, 2.24) is 5.01 Å². The van der Waals surface area contributed by atoms with E-state index in [4.69, 9.17) is 4.74 Å². The molecule has 0 saturated carbocycles. The first kappa shape index (κ1) is 9.21. The van der Waals surface area contributed by atoms with Gasteiger partial charge in [0.25, 0.3) is 0 Å². The van der Waals surface area contributed by atoms with Crippen LogP contribution in [0.4, 0.5) is 0 Å². The lowest BCUT2D eigenvalue weighted by Gasteiger charge is -2.23. The average molecular weight is 190 g/mol. The van der Waals surface area contributed by atoms with Gasteiger partial charge in [0, 0.05) is 0 Å². The van der Waals surface area contributed by atoms with E-state index in [2.05, 4.69) is 5.10 Å². The second-order valence-electron chi connectivity index (χ2n) is 3.22. The van der Waals surface area contributed by atoms with Gasteiger partial charge < -0.3 is 4.74 Å². The average Bonchev–Trinajstić information content (AvgIpc) is 2.29. The van der Waals surface area contributed by atoms with E-state index in [-0.39, 0.29) is 0 Å². The highest BCUT2D eigenvalue weighted by molar-refractivity contribution is 5.79. The Bertz CT molecular complexity index is 291. The van der Waals surface area contributed by atoms with Crippen LogP contribution in [-0.2, 0) is 4.74 Å². The standard InChI is InChI=1S/C11H14N2O/c1-2-4-11(5-3-1)10-12-13-6-8-14-9-7-13/h1-5,10H,6-9H2/b12-10+. The molecule has 1 saturated heterocycles. The van der Waals surface area contributed by atoms with Gasteiger partial charge in [0.15, 0.2) is 0 Å². The highest BCUT2D eigenvalue weighted by Crippen LogP contribution is 1.99. The van der Waals surface area contributed by atoms with Crippen molar-refractivity contribution in [3.05, 3.63) is 35.9 Å². The highest BCUT2D eigenvalue weighted by Gasteiger charge is 2.05. The van der Waals surface area contributed by atoms with E-state index in [0.29, 0.717) is 0 Å². The van der Waals surface area contributed by atoms with Gasteiger partial charge in [0.1, 0.15) is 0 Å². The minimum absolute atomic E-state index is 0.784. The lowest BCUT2D eigenvalue weighted by Crippen LogP contribution is -2.32. The lowest BCUT2D eigenvalue weighted by molar-refractivity contribution is 0.0397. The molecule has 3 nitrogen and oxygen atoms in total. The molecule has 3 heteroatoms. The Morgan fingerprint density at radius 2 is 1.86 bits per heavy atom. The summed E-state index contributed by atoms with van der Waals surface area (Å²) >= 11 is 0. The summed E-state index contributed by atoms with van der Waals surface area (Å²) in [7, 11) is 0. The summed E-state index contributed by atoms with van der Waals surface area (Å²) in [6, 6.07) is 10.1. The number of benzene rings is 1. The van der Waals surface area contributed by atoms with Crippen LogP contribution in [0.3, 0.4) is 0 Å². The summed E-state index contributed by atoms with van der Waals surface area (Å²) in [6.07, 6.45) is 1.89. The van der Waals surface area contributed by atoms with E-state index in [9.17, 15) is 0 Å². The number of ether oxygens (including phenoxy) is 1. The molecule has 74 valence electrons. The van der Waals surface area contributed by atoms with Gasteiger partial charge in [-0.05, 0) is 5.56 Å². The minimum Gasteiger partial charge on any atom is -0.378 e. The van der Waals surface area contributed by atoms with Gasteiger partial charge in [-0.25, -0.2) is 0 Å². The number of morpholine rings is 1. The maximum atomic E-state index is 5.24. The van der Waals surface area contributed by atoms with Crippen molar-refractivity contribution < 1.29 is 4.74 Å². The molecule has 1 aliphatic heterocycles. The third-order valence-corrected chi connectivity index (χ3v) is 2.16. The first-order valence-electron chi connectivity index (χ1n) is 4.87. The molecule has 0 unspecified atom stereocenters. The fourth-order valence-electron chi connectivity index (χ4n) is 1.36. The molecule has 0 atom stereocenters. The van der Waals surface area contributed by atoms with Gasteiger partial charge >= 0.3 is 0 Å². The molecule has 1 aromatic carbocycles. The Morgan fingerprint density at radius 3 is 2.57 bits per heavy atom. The van der Waals surface area contributed by atoms with Crippen LogP contribution < -0.4 is 0 Å². The van der Waals surface area contributed by atoms with E-state index in [1.165, 1.54) is 0 Å². The molecule has 0 amide bonds. The molecule has 1 aromatic rings. The molecule has 14 heavy (non-hydrogen) atoms. The van der Waals surface area contributed by atoms with Gasteiger partial charge in [-0.1, -0.05) is 30.3 Å². The van der Waals surface area contributed by atoms with Crippen LogP contribution >= 0.6 is 0 Å². The largest absolute Gasteiger partial charge is 0.378 e. The summed E-state index contributed by atoms with van der Waals surface area (Å²) in [5.41, 5.74) is 1.14. The monoisotopic (exact) mass is 190 g/mol. The van der Waals surface area contributed by atoms with E-state index < -0.39 is 0 Å². The lowest BCUT2D eigenvalue weighted by atomic mass is 10.2. The van der Waals surface area contributed by atoms with Crippen molar-refractivity contribution in [3.8, 4) is 0 Å². The van der Waals surface area contributed by atoms with Crippen LogP contribution in [0.25, 0.3) is 0 Å². The molecule has 0 aromatic heterocycles. The van der Waals surface area contributed by atoms with Crippen molar-refractivity contribution in [2.45, 2.75) is 0 Å². The number of hydrogen-bond donors (Lipinski definition) is 0. The van der Waals surface area contributed by atoms with Crippen LogP contribution in [0.5, 0.6) is 0 Å². The van der Waals surface area contributed by atoms with E-state index >= 15 is 0 Å². The molecule has 0 spiro atoms. The fraction of sp³-hybridized carbons (Fsp3) is 0.364. The predicted octanol–water partition coefficient (Wildman–Crippen LogP) is 1.35. The van der Waals surface area contributed by atoms with E-state index in [1.54, 1.807) is 0 Å². The second-order valence-corrected chi connectivity index (χ2v) is 3.22. The molecular formula is C11H14N2O. The van der Waals surface area contributed by atoms with Crippen molar-refractivity contribution in [1.29, 1.82) is 0 Å². The molecule has 1 fully saturated rings. The summed E-state index contributed by atoms with van der Waals surface area (Å²) in [5.74, 6) is 0. The second kappa shape index (κ2) is 4.77. The zero-order valence-corrected chi connectivity index (χ0v) is 8.10.